The Morgan fingerprint density at radius 1 is 1.50 bits per heavy atom. The van der Waals surface area contributed by atoms with Crippen molar-refractivity contribution in [2.45, 2.75) is 19.3 Å². The molecule has 0 atom stereocenters. The van der Waals surface area contributed by atoms with E-state index in [-0.39, 0.29) is 12.9 Å². The van der Waals surface area contributed by atoms with E-state index < -0.39 is 5.97 Å². The summed E-state index contributed by atoms with van der Waals surface area (Å²) in [6.07, 6.45) is 1.74. The number of rotatable bonds is 5. The van der Waals surface area contributed by atoms with Crippen LogP contribution in [0.5, 0.6) is 0 Å². The highest BCUT2D eigenvalue weighted by molar-refractivity contribution is 5.76. The van der Waals surface area contributed by atoms with Gasteiger partial charge in [0.2, 0.25) is 0 Å². The number of nitrogens with two attached hydrogens (primary N) is 1. The van der Waals surface area contributed by atoms with Crippen LogP contribution in [0.3, 0.4) is 0 Å². The zero-order valence-electron chi connectivity index (χ0n) is 5.71. The summed E-state index contributed by atoms with van der Waals surface area (Å²) < 4.78 is 4.03. The van der Waals surface area contributed by atoms with Gasteiger partial charge in [-0.1, -0.05) is 0 Å². The number of unbranched alkanes of at least 4 members (excludes halogenated alkanes) is 1. The van der Waals surface area contributed by atoms with Crippen molar-refractivity contribution in [3.05, 3.63) is 0 Å². The first kappa shape index (κ1) is 9.10. The van der Waals surface area contributed by atoms with Crippen LogP contribution in [0.4, 0.5) is 0 Å². The molecule has 0 unspecified atom stereocenters. The standard InChI is InChI=1S/C6H11NO3/c7-4-2-1-3-6(9)10-5-8/h5H,1-4,7H2. The third-order valence-corrected chi connectivity index (χ3v) is 1.01. The van der Waals surface area contributed by atoms with Crippen LogP contribution < -0.4 is 5.73 Å². The fourth-order valence-electron chi connectivity index (χ4n) is 0.526. The van der Waals surface area contributed by atoms with Crippen LogP contribution in [0.25, 0.3) is 0 Å². The highest BCUT2D eigenvalue weighted by Gasteiger charge is 1.99. The first-order chi connectivity index (χ1) is 4.81. The molecule has 2 N–H and O–H groups in total. The fraction of sp³-hybridized carbons (Fsp3) is 0.667. The Morgan fingerprint density at radius 3 is 2.70 bits per heavy atom. The van der Waals surface area contributed by atoms with E-state index in [0.29, 0.717) is 13.0 Å². The van der Waals surface area contributed by atoms with Crippen LogP contribution in [-0.4, -0.2) is 19.0 Å². The zero-order valence-corrected chi connectivity index (χ0v) is 5.71. The van der Waals surface area contributed by atoms with Gasteiger partial charge in [-0.2, -0.15) is 0 Å². The molecule has 0 aromatic carbocycles. The first-order valence-electron chi connectivity index (χ1n) is 3.14. The average molecular weight is 145 g/mol. The topological polar surface area (TPSA) is 69.4 Å². The predicted molar refractivity (Wildman–Crippen MR) is 35.1 cm³/mol. The molecule has 4 nitrogen and oxygen atoms in total. The molecule has 4 heteroatoms. The molecule has 0 saturated heterocycles. The van der Waals surface area contributed by atoms with E-state index in [2.05, 4.69) is 4.74 Å². The van der Waals surface area contributed by atoms with Gasteiger partial charge >= 0.3 is 12.4 Å². The van der Waals surface area contributed by atoms with Crippen molar-refractivity contribution in [2.75, 3.05) is 6.54 Å². The van der Waals surface area contributed by atoms with Crippen molar-refractivity contribution in [1.82, 2.24) is 0 Å². The summed E-state index contributed by atoms with van der Waals surface area (Å²) >= 11 is 0. The second kappa shape index (κ2) is 6.22. The second-order valence-corrected chi connectivity index (χ2v) is 1.83. The van der Waals surface area contributed by atoms with E-state index in [4.69, 9.17) is 5.73 Å². The van der Waals surface area contributed by atoms with E-state index in [1.165, 1.54) is 0 Å². The molecule has 58 valence electrons. The molecule has 0 saturated carbocycles. The number of ether oxygens (including phenoxy) is 1. The fourth-order valence-corrected chi connectivity index (χ4v) is 0.526. The van der Waals surface area contributed by atoms with Gasteiger partial charge in [0.15, 0.2) is 0 Å². The molecule has 0 heterocycles. The SMILES string of the molecule is NCCCCC(=O)OC=O. The van der Waals surface area contributed by atoms with Gasteiger partial charge in [-0.3, -0.25) is 9.59 Å². The maximum absolute atomic E-state index is 10.4. The Balaban J connectivity index is 3.13. The number of esters is 1. The molecule has 0 spiro atoms. The summed E-state index contributed by atoms with van der Waals surface area (Å²) in [5.41, 5.74) is 5.17. The molecule has 0 aliphatic carbocycles. The van der Waals surface area contributed by atoms with E-state index in [1.54, 1.807) is 0 Å². The van der Waals surface area contributed by atoms with Gasteiger partial charge in [0.05, 0.1) is 0 Å². The van der Waals surface area contributed by atoms with Gasteiger partial charge in [-0.05, 0) is 19.4 Å². The van der Waals surface area contributed by atoms with Crippen molar-refractivity contribution < 1.29 is 14.3 Å². The number of hydrogen-bond donors (Lipinski definition) is 1. The van der Waals surface area contributed by atoms with Crippen molar-refractivity contribution >= 4 is 12.4 Å². The molecular formula is C6H11NO3. The Labute approximate surface area is 59.3 Å². The van der Waals surface area contributed by atoms with Crippen LogP contribution in [0.1, 0.15) is 19.3 Å². The largest absolute Gasteiger partial charge is 0.395 e. The third kappa shape index (κ3) is 5.24. The molecule has 10 heavy (non-hydrogen) atoms. The second-order valence-electron chi connectivity index (χ2n) is 1.83. The summed E-state index contributed by atoms with van der Waals surface area (Å²) in [6.45, 7) is 0.707. The molecule has 0 amide bonds. The zero-order chi connectivity index (χ0) is 7.82. The summed E-state index contributed by atoms with van der Waals surface area (Å²) in [6, 6.07) is 0. The Hall–Kier alpha value is -0.900. The predicted octanol–water partition coefficient (Wildman–Crippen LogP) is -0.185. The molecule has 0 bridgehead atoms. The van der Waals surface area contributed by atoms with E-state index in [9.17, 15) is 9.59 Å². The lowest BCUT2D eigenvalue weighted by atomic mass is 10.2. The quantitative estimate of drug-likeness (QED) is 0.252. The Kier molecular flexibility index (Phi) is 5.66. The monoisotopic (exact) mass is 145 g/mol. The summed E-state index contributed by atoms with van der Waals surface area (Å²) in [5, 5.41) is 0. The number of carbonyl (C=O) groups excluding carboxylic acids is 2. The first-order valence-corrected chi connectivity index (χ1v) is 3.14. The van der Waals surface area contributed by atoms with Crippen molar-refractivity contribution in [2.24, 2.45) is 5.73 Å². The minimum absolute atomic E-state index is 0.144. The van der Waals surface area contributed by atoms with E-state index in [0.717, 1.165) is 6.42 Å². The average Bonchev–Trinajstić information content (AvgIpc) is 1.89. The van der Waals surface area contributed by atoms with E-state index >= 15 is 0 Å². The lowest BCUT2D eigenvalue weighted by molar-refractivity contribution is -0.151. The number of hydrogen-bond acceptors (Lipinski definition) is 4. The minimum Gasteiger partial charge on any atom is -0.395 e. The van der Waals surface area contributed by atoms with Gasteiger partial charge in [0.25, 0.3) is 0 Å². The highest BCUT2D eigenvalue weighted by Crippen LogP contribution is 1.94. The maximum Gasteiger partial charge on any atom is 0.313 e. The van der Waals surface area contributed by atoms with Crippen LogP contribution in [-0.2, 0) is 14.3 Å². The van der Waals surface area contributed by atoms with Crippen LogP contribution in [0.15, 0.2) is 0 Å². The molecule has 0 fully saturated rings. The summed E-state index contributed by atoms with van der Waals surface area (Å²) in [7, 11) is 0. The smallest absolute Gasteiger partial charge is 0.313 e. The van der Waals surface area contributed by atoms with Gasteiger partial charge in [-0.15, -0.1) is 0 Å². The van der Waals surface area contributed by atoms with Crippen LogP contribution in [0, 0.1) is 0 Å². The molecule has 0 aromatic heterocycles. The van der Waals surface area contributed by atoms with Gasteiger partial charge < -0.3 is 10.5 Å². The van der Waals surface area contributed by atoms with Crippen molar-refractivity contribution in [3.63, 3.8) is 0 Å². The Morgan fingerprint density at radius 2 is 2.20 bits per heavy atom. The van der Waals surface area contributed by atoms with Crippen LogP contribution in [0.2, 0.25) is 0 Å². The van der Waals surface area contributed by atoms with Gasteiger partial charge in [0, 0.05) is 6.42 Å². The third-order valence-electron chi connectivity index (χ3n) is 1.01. The normalized spacial score (nSPS) is 8.90. The number of carbonyl (C=O) groups is 2. The van der Waals surface area contributed by atoms with Crippen molar-refractivity contribution in [1.29, 1.82) is 0 Å². The van der Waals surface area contributed by atoms with Gasteiger partial charge in [-0.25, -0.2) is 0 Å². The lowest BCUT2D eigenvalue weighted by Crippen LogP contribution is -2.04. The van der Waals surface area contributed by atoms with E-state index in [1.807, 2.05) is 0 Å². The van der Waals surface area contributed by atoms with Crippen LogP contribution >= 0.6 is 0 Å². The highest BCUT2D eigenvalue weighted by atomic mass is 16.6. The Bertz CT molecular complexity index is 114. The molecule has 0 aliphatic rings. The molecule has 0 radical (unpaired) electrons. The summed E-state index contributed by atoms with van der Waals surface area (Å²) in [5.74, 6) is -0.483. The maximum atomic E-state index is 10.4. The van der Waals surface area contributed by atoms with Gasteiger partial charge in [0.1, 0.15) is 0 Å². The van der Waals surface area contributed by atoms with Crippen molar-refractivity contribution in [3.8, 4) is 0 Å². The molecular weight excluding hydrogens is 134 g/mol. The molecule has 0 aliphatic heterocycles. The summed E-state index contributed by atoms with van der Waals surface area (Å²) in [4.78, 5) is 20.0. The minimum atomic E-state index is -0.483. The molecule has 0 aromatic rings. The molecule has 0 rings (SSSR count). The lowest BCUT2D eigenvalue weighted by Gasteiger charge is -1.94.